The molecule has 1 unspecified atom stereocenters. The zero-order valence-corrected chi connectivity index (χ0v) is 11.1. The Morgan fingerprint density at radius 3 is 2.84 bits per heavy atom. The Hall–Kier alpha value is -1.61. The van der Waals surface area contributed by atoms with Gasteiger partial charge in [0.25, 0.3) is 0 Å². The Morgan fingerprint density at radius 2 is 2.05 bits per heavy atom. The van der Waals surface area contributed by atoms with Gasteiger partial charge in [0.05, 0.1) is 5.02 Å². The zero-order chi connectivity index (χ0) is 13.2. The highest BCUT2D eigenvalue weighted by Crippen LogP contribution is 2.24. The van der Waals surface area contributed by atoms with Crippen molar-refractivity contribution in [3.05, 3.63) is 58.5 Å². The van der Waals surface area contributed by atoms with Gasteiger partial charge in [-0.05, 0) is 36.5 Å². The van der Waals surface area contributed by atoms with Gasteiger partial charge in [-0.1, -0.05) is 35.9 Å². The number of rotatable bonds is 2. The Labute approximate surface area is 116 Å². The van der Waals surface area contributed by atoms with Gasteiger partial charge >= 0.3 is 0 Å². The summed E-state index contributed by atoms with van der Waals surface area (Å²) in [5.74, 6) is -0.111. The maximum absolute atomic E-state index is 13.7. The van der Waals surface area contributed by atoms with Crippen LogP contribution in [0.25, 0.3) is 0 Å². The molecule has 1 aliphatic carbocycles. The van der Waals surface area contributed by atoms with Crippen LogP contribution in [-0.2, 0) is 12.8 Å². The summed E-state index contributed by atoms with van der Waals surface area (Å²) in [6.45, 7) is 0. The third-order valence-electron chi connectivity index (χ3n) is 3.50. The molecule has 1 N–H and O–H groups in total. The van der Waals surface area contributed by atoms with E-state index >= 15 is 0 Å². The van der Waals surface area contributed by atoms with E-state index in [1.165, 1.54) is 23.4 Å². The second kappa shape index (κ2) is 5.17. The number of aryl methyl sites for hydroxylation is 1. The second-order valence-corrected chi connectivity index (χ2v) is 5.27. The van der Waals surface area contributed by atoms with Crippen LogP contribution >= 0.6 is 11.6 Å². The summed E-state index contributed by atoms with van der Waals surface area (Å²) in [6, 6.07) is 9.91. The maximum Gasteiger partial charge on any atom is 0.166 e. The highest BCUT2D eigenvalue weighted by molar-refractivity contribution is 6.30. The Kier molecular flexibility index (Phi) is 3.38. The molecule has 0 fully saturated rings. The standard InChI is InChI=1S/C15H14ClFN2/c16-12-8-14(17)15(18-9-12)19-13-6-5-10-3-1-2-4-11(10)7-13/h1-4,8-9,13H,5-7H2,(H,18,19). The molecule has 98 valence electrons. The molecule has 1 aromatic heterocycles. The highest BCUT2D eigenvalue weighted by atomic mass is 35.5. The van der Waals surface area contributed by atoms with E-state index in [1.807, 2.05) is 6.07 Å². The molecule has 1 atom stereocenters. The smallest absolute Gasteiger partial charge is 0.166 e. The average molecular weight is 277 g/mol. The molecular weight excluding hydrogens is 263 g/mol. The van der Waals surface area contributed by atoms with Crippen molar-refractivity contribution in [2.45, 2.75) is 25.3 Å². The summed E-state index contributed by atoms with van der Waals surface area (Å²) in [5.41, 5.74) is 2.73. The fourth-order valence-corrected chi connectivity index (χ4v) is 2.68. The summed E-state index contributed by atoms with van der Waals surface area (Å²) in [4.78, 5) is 4.01. The van der Waals surface area contributed by atoms with Gasteiger partial charge < -0.3 is 5.32 Å². The second-order valence-electron chi connectivity index (χ2n) is 4.84. The number of hydrogen-bond acceptors (Lipinski definition) is 2. The largest absolute Gasteiger partial charge is 0.365 e. The summed E-state index contributed by atoms with van der Waals surface area (Å²) in [7, 11) is 0. The fourth-order valence-electron chi connectivity index (χ4n) is 2.54. The van der Waals surface area contributed by atoms with Crippen LogP contribution in [0.1, 0.15) is 17.5 Å². The average Bonchev–Trinajstić information content (AvgIpc) is 2.42. The van der Waals surface area contributed by atoms with E-state index in [0.29, 0.717) is 5.02 Å². The van der Waals surface area contributed by atoms with Gasteiger partial charge in [0.2, 0.25) is 0 Å². The van der Waals surface area contributed by atoms with Crippen LogP contribution in [0, 0.1) is 5.82 Å². The molecule has 2 nitrogen and oxygen atoms in total. The Balaban J connectivity index is 1.75. The molecule has 0 amide bonds. The first-order valence-corrected chi connectivity index (χ1v) is 6.74. The number of benzene rings is 1. The molecule has 0 aliphatic heterocycles. The molecular formula is C15H14ClFN2. The number of aromatic nitrogens is 1. The summed E-state index contributed by atoms with van der Waals surface area (Å²) in [6.07, 6.45) is 4.37. The molecule has 0 spiro atoms. The number of anilines is 1. The normalized spacial score (nSPS) is 17.9. The lowest BCUT2D eigenvalue weighted by atomic mass is 9.88. The molecule has 3 rings (SSSR count). The summed E-state index contributed by atoms with van der Waals surface area (Å²) >= 11 is 5.70. The van der Waals surface area contributed by atoms with Crippen molar-refractivity contribution in [3.63, 3.8) is 0 Å². The van der Waals surface area contributed by atoms with Crippen molar-refractivity contribution < 1.29 is 4.39 Å². The van der Waals surface area contributed by atoms with E-state index in [-0.39, 0.29) is 11.9 Å². The van der Waals surface area contributed by atoms with Crippen LogP contribution in [0.4, 0.5) is 10.2 Å². The molecule has 0 saturated carbocycles. The van der Waals surface area contributed by atoms with E-state index in [1.54, 1.807) is 0 Å². The topological polar surface area (TPSA) is 24.9 Å². The number of nitrogens with one attached hydrogen (secondary N) is 1. The summed E-state index contributed by atoms with van der Waals surface area (Å²) in [5, 5.41) is 3.49. The van der Waals surface area contributed by atoms with Crippen molar-refractivity contribution in [1.82, 2.24) is 4.98 Å². The molecule has 1 aromatic carbocycles. The monoisotopic (exact) mass is 276 g/mol. The Morgan fingerprint density at radius 1 is 1.26 bits per heavy atom. The van der Waals surface area contributed by atoms with Crippen LogP contribution in [0.5, 0.6) is 0 Å². The molecule has 0 bridgehead atoms. The first-order chi connectivity index (χ1) is 9.22. The SMILES string of the molecule is Fc1cc(Cl)cnc1NC1CCc2ccccc2C1. The van der Waals surface area contributed by atoms with Gasteiger partial charge in [0.1, 0.15) is 0 Å². The van der Waals surface area contributed by atoms with Crippen LogP contribution in [0.15, 0.2) is 36.5 Å². The fraction of sp³-hybridized carbons (Fsp3) is 0.267. The molecule has 0 radical (unpaired) electrons. The van der Waals surface area contributed by atoms with Gasteiger partial charge in [0.15, 0.2) is 11.6 Å². The van der Waals surface area contributed by atoms with E-state index in [4.69, 9.17) is 11.6 Å². The predicted molar refractivity (Wildman–Crippen MR) is 75.1 cm³/mol. The molecule has 0 saturated heterocycles. The lowest BCUT2D eigenvalue weighted by Gasteiger charge is -2.26. The van der Waals surface area contributed by atoms with Crippen molar-refractivity contribution in [2.24, 2.45) is 0 Å². The van der Waals surface area contributed by atoms with Crippen LogP contribution in [0.3, 0.4) is 0 Å². The van der Waals surface area contributed by atoms with Gasteiger partial charge in [-0.15, -0.1) is 0 Å². The molecule has 1 aliphatic rings. The van der Waals surface area contributed by atoms with Crippen molar-refractivity contribution in [3.8, 4) is 0 Å². The van der Waals surface area contributed by atoms with E-state index in [0.717, 1.165) is 19.3 Å². The van der Waals surface area contributed by atoms with Crippen LogP contribution in [-0.4, -0.2) is 11.0 Å². The summed E-state index contributed by atoms with van der Waals surface area (Å²) < 4.78 is 13.7. The Bertz CT molecular complexity index is 600. The highest BCUT2D eigenvalue weighted by Gasteiger charge is 2.19. The lowest BCUT2D eigenvalue weighted by molar-refractivity contribution is 0.587. The van der Waals surface area contributed by atoms with E-state index in [2.05, 4.69) is 28.5 Å². The first kappa shape index (κ1) is 12.4. The van der Waals surface area contributed by atoms with Gasteiger partial charge in [-0.3, -0.25) is 0 Å². The minimum Gasteiger partial charge on any atom is -0.365 e. The van der Waals surface area contributed by atoms with Gasteiger partial charge in [-0.25, -0.2) is 9.37 Å². The van der Waals surface area contributed by atoms with Gasteiger partial charge in [0, 0.05) is 12.2 Å². The molecule has 4 heteroatoms. The maximum atomic E-state index is 13.7. The van der Waals surface area contributed by atoms with Crippen molar-refractivity contribution in [2.75, 3.05) is 5.32 Å². The van der Waals surface area contributed by atoms with E-state index in [9.17, 15) is 4.39 Å². The quantitative estimate of drug-likeness (QED) is 0.901. The zero-order valence-electron chi connectivity index (χ0n) is 10.4. The third-order valence-corrected chi connectivity index (χ3v) is 3.70. The van der Waals surface area contributed by atoms with Crippen LogP contribution < -0.4 is 5.32 Å². The lowest BCUT2D eigenvalue weighted by Crippen LogP contribution is -2.28. The number of fused-ring (bicyclic) bond motifs is 1. The van der Waals surface area contributed by atoms with Crippen molar-refractivity contribution >= 4 is 17.4 Å². The molecule has 2 aromatic rings. The number of nitrogens with zero attached hydrogens (tertiary/aromatic N) is 1. The predicted octanol–water partition coefficient (Wildman–Crippen LogP) is 3.84. The van der Waals surface area contributed by atoms with Gasteiger partial charge in [-0.2, -0.15) is 0 Å². The minimum absolute atomic E-state index is 0.220. The third kappa shape index (κ3) is 2.71. The van der Waals surface area contributed by atoms with E-state index < -0.39 is 5.82 Å². The minimum atomic E-state index is -0.397. The molecule has 19 heavy (non-hydrogen) atoms. The number of pyridine rings is 1. The number of hydrogen-bond donors (Lipinski definition) is 1. The molecule has 1 heterocycles. The number of halogens is 2. The first-order valence-electron chi connectivity index (χ1n) is 6.37. The van der Waals surface area contributed by atoms with Crippen LogP contribution in [0.2, 0.25) is 5.02 Å². The van der Waals surface area contributed by atoms with Crippen molar-refractivity contribution in [1.29, 1.82) is 0 Å².